The van der Waals surface area contributed by atoms with Gasteiger partial charge in [0.05, 0.1) is 10.9 Å². The van der Waals surface area contributed by atoms with Gasteiger partial charge >= 0.3 is 11.7 Å². The van der Waals surface area contributed by atoms with E-state index in [4.69, 9.17) is 4.84 Å². The molecule has 0 atom stereocenters. The predicted octanol–water partition coefficient (Wildman–Crippen LogP) is 2.28. The Bertz CT molecular complexity index is 924. The van der Waals surface area contributed by atoms with Gasteiger partial charge in [0.2, 0.25) is 0 Å². The highest BCUT2D eigenvalue weighted by molar-refractivity contribution is 5.78. The Kier molecular flexibility index (Phi) is 3.89. The molecule has 0 saturated heterocycles. The second-order valence-electron chi connectivity index (χ2n) is 5.42. The van der Waals surface area contributed by atoms with E-state index in [2.05, 4.69) is 10.4 Å². The minimum absolute atomic E-state index is 0.333. The molecule has 1 aromatic heterocycles. The monoisotopic (exact) mass is 311 g/mol. The predicted molar refractivity (Wildman–Crippen MR) is 87.3 cm³/mol. The summed E-state index contributed by atoms with van der Waals surface area (Å²) in [6, 6.07) is 13.1. The molecule has 3 rings (SSSR count). The van der Waals surface area contributed by atoms with Crippen LogP contribution in [0.15, 0.2) is 47.3 Å². The number of aryl methyl sites for hydroxylation is 2. The molecule has 0 unspecified atom stereocenters. The molecule has 0 saturated carbocycles. The lowest BCUT2D eigenvalue weighted by molar-refractivity contribution is 0.112. The molecule has 0 radical (unpaired) electrons. The Morgan fingerprint density at radius 1 is 1.22 bits per heavy atom. The van der Waals surface area contributed by atoms with Gasteiger partial charge in [0.25, 0.3) is 0 Å². The first-order valence-electron chi connectivity index (χ1n) is 7.26. The van der Waals surface area contributed by atoms with Crippen LogP contribution in [0.25, 0.3) is 10.9 Å². The van der Waals surface area contributed by atoms with Crippen LogP contribution in [0.1, 0.15) is 16.7 Å². The molecule has 1 heterocycles. The fraction of sp³-hybridized carbons (Fsp3) is 0.176. The summed E-state index contributed by atoms with van der Waals surface area (Å²) in [6.07, 6.45) is -0.696. The van der Waals surface area contributed by atoms with E-state index in [1.165, 1.54) is 0 Å². The lowest BCUT2D eigenvalue weighted by atomic mass is 10.1. The van der Waals surface area contributed by atoms with Crippen LogP contribution in [0.3, 0.4) is 0 Å². The molecule has 0 aliphatic rings. The smallest absolute Gasteiger partial charge is 0.316 e. The maximum absolute atomic E-state index is 12.1. The van der Waals surface area contributed by atoms with E-state index < -0.39 is 11.7 Å². The van der Waals surface area contributed by atoms with E-state index in [-0.39, 0.29) is 0 Å². The lowest BCUT2D eigenvalue weighted by Crippen LogP contribution is -2.36. The number of hydrogen-bond acceptors (Lipinski definition) is 3. The van der Waals surface area contributed by atoms with Gasteiger partial charge in [-0.25, -0.2) is 4.79 Å². The van der Waals surface area contributed by atoms with Crippen LogP contribution in [0.4, 0.5) is 4.79 Å². The topological polar surface area (TPSA) is 76.1 Å². The van der Waals surface area contributed by atoms with E-state index in [1.807, 2.05) is 50.2 Å². The van der Waals surface area contributed by atoms with Gasteiger partial charge in [-0.1, -0.05) is 35.2 Å². The number of benzene rings is 2. The molecule has 6 heteroatoms. The quantitative estimate of drug-likeness (QED) is 0.779. The Morgan fingerprint density at radius 3 is 2.78 bits per heavy atom. The largest absolute Gasteiger partial charge is 0.433 e. The van der Waals surface area contributed by atoms with Crippen molar-refractivity contribution in [1.29, 1.82) is 0 Å². The van der Waals surface area contributed by atoms with E-state index >= 15 is 0 Å². The number of aromatic amines is 1. The summed E-state index contributed by atoms with van der Waals surface area (Å²) in [6.45, 7) is 4.22. The highest BCUT2D eigenvalue weighted by Crippen LogP contribution is 2.09. The summed E-state index contributed by atoms with van der Waals surface area (Å²) in [5, 5.41) is 5.87. The molecule has 0 spiro atoms. The highest BCUT2D eigenvalue weighted by Gasteiger charge is 2.11. The molecule has 2 N–H and O–H groups in total. The number of nitrogens with zero attached hydrogens (tertiary/aromatic N) is 1. The van der Waals surface area contributed by atoms with Gasteiger partial charge in [0, 0.05) is 6.54 Å². The number of hydrogen-bond donors (Lipinski definition) is 2. The maximum atomic E-state index is 12.1. The fourth-order valence-electron chi connectivity index (χ4n) is 2.36. The third-order valence-corrected chi connectivity index (χ3v) is 3.67. The van der Waals surface area contributed by atoms with Gasteiger partial charge in [-0.15, -0.1) is 0 Å². The molecule has 0 fully saturated rings. The fourth-order valence-corrected chi connectivity index (χ4v) is 2.36. The standard InChI is InChI=1S/C17H17N3O3/c1-11-7-8-14-15(9-11)19-20(16(14)21)23-17(22)18-10-13-6-4-3-5-12(13)2/h3-9,19H,10H2,1-2H3,(H,18,22). The third kappa shape index (κ3) is 3.11. The van der Waals surface area contributed by atoms with Crippen molar-refractivity contribution in [1.82, 2.24) is 15.3 Å². The minimum atomic E-state index is -0.696. The average molecular weight is 311 g/mol. The number of amides is 1. The van der Waals surface area contributed by atoms with Crippen molar-refractivity contribution in [3.8, 4) is 0 Å². The van der Waals surface area contributed by atoms with Crippen molar-refractivity contribution in [2.24, 2.45) is 0 Å². The van der Waals surface area contributed by atoms with Crippen molar-refractivity contribution in [3.63, 3.8) is 0 Å². The SMILES string of the molecule is Cc1ccc2c(=O)n(OC(=O)NCc3ccccc3C)[nH]c2c1. The van der Waals surface area contributed by atoms with Gasteiger partial charge in [-0.05, 0) is 42.7 Å². The Hall–Kier alpha value is -3.02. The first-order chi connectivity index (χ1) is 11.0. The number of fused-ring (bicyclic) bond motifs is 1. The second kappa shape index (κ2) is 6.00. The zero-order valence-electron chi connectivity index (χ0n) is 12.9. The zero-order chi connectivity index (χ0) is 16.4. The van der Waals surface area contributed by atoms with Crippen LogP contribution in [0, 0.1) is 13.8 Å². The molecule has 2 aromatic carbocycles. The maximum Gasteiger partial charge on any atom is 0.433 e. The van der Waals surface area contributed by atoms with Crippen molar-refractivity contribution >= 4 is 17.0 Å². The van der Waals surface area contributed by atoms with Crippen molar-refractivity contribution in [2.75, 3.05) is 0 Å². The first kappa shape index (κ1) is 14.9. The molecule has 118 valence electrons. The van der Waals surface area contributed by atoms with Crippen LogP contribution in [0.2, 0.25) is 0 Å². The number of aromatic nitrogens is 2. The Balaban J connectivity index is 1.72. The van der Waals surface area contributed by atoms with Crippen LogP contribution < -0.4 is 15.7 Å². The number of nitrogens with one attached hydrogen (secondary N) is 2. The lowest BCUT2D eigenvalue weighted by Gasteiger charge is -2.07. The minimum Gasteiger partial charge on any atom is -0.316 e. The average Bonchev–Trinajstić information content (AvgIpc) is 2.82. The van der Waals surface area contributed by atoms with Crippen LogP contribution in [0.5, 0.6) is 0 Å². The van der Waals surface area contributed by atoms with Crippen molar-refractivity contribution in [3.05, 3.63) is 69.5 Å². The van der Waals surface area contributed by atoms with Gasteiger partial charge in [-0.3, -0.25) is 14.7 Å². The number of rotatable bonds is 3. The Labute approximate surface area is 132 Å². The first-order valence-corrected chi connectivity index (χ1v) is 7.26. The molecule has 0 aliphatic carbocycles. The van der Waals surface area contributed by atoms with Crippen LogP contribution in [-0.4, -0.2) is 16.0 Å². The summed E-state index contributed by atoms with van der Waals surface area (Å²) in [4.78, 5) is 29.9. The van der Waals surface area contributed by atoms with E-state index in [0.29, 0.717) is 17.4 Å². The number of carbonyl (C=O) groups excluding carboxylic acids is 1. The van der Waals surface area contributed by atoms with Gasteiger partial charge in [0.1, 0.15) is 0 Å². The molecule has 0 bridgehead atoms. The number of carbonyl (C=O) groups is 1. The van der Waals surface area contributed by atoms with Crippen LogP contribution >= 0.6 is 0 Å². The molecule has 23 heavy (non-hydrogen) atoms. The van der Waals surface area contributed by atoms with Crippen LogP contribution in [-0.2, 0) is 6.54 Å². The van der Waals surface area contributed by atoms with Gasteiger partial charge < -0.3 is 5.32 Å². The molecular formula is C17H17N3O3. The summed E-state index contributed by atoms with van der Waals surface area (Å²) >= 11 is 0. The van der Waals surface area contributed by atoms with Crippen molar-refractivity contribution in [2.45, 2.75) is 20.4 Å². The van der Waals surface area contributed by atoms with Gasteiger partial charge in [-0.2, -0.15) is 0 Å². The third-order valence-electron chi connectivity index (χ3n) is 3.67. The van der Waals surface area contributed by atoms with E-state index in [0.717, 1.165) is 21.5 Å². The normalized spacial score (nSPS) is 10.7. The number of H-pyrrole nitrogens is 1. The molecule has 6 nitrogen and oxygen atoms in total. The molecule has 0 aliphatic heterocycles. The van der Waals surface area contributed by atoms with E-state index in [9.17, 15) is 9.59 Å². The Morgan fingerprint density at radius 2 is 2.00 bits per heavy atom. The van der Waals surface area contributed by atoms with Crippen molar-refractivity contribution < 1.29 is 9.63 Å². The summed E-state index contributed by atoms with van der Waals surface area (Å²) in [7, 11) is 0. The van der Waals surface area contributed by atoms with Gasteiger partial charge in [0.15, 0.2) is 0 Å². The summed E-state index contributed by atoms with van der Waals surface area (Å²) < 4.78 is 0. The molecular weight excluding hydrogens is 294 g/mol. The second-order valence-corrected chi connectivity index (χ2v) is 5.42. The highest BCUT2D eigenvalue weighted by atomic mass is 16.7. The summed E-state index contributed by atoms with van der Waals surface area (Å²) in [5.41, 5.74) is 3.30. The molecule has 1 amide bonds. The van der Waals surface area contributed by atoms with E-state index in [1.54, 1.807) is 6.07 Å². The summed E-state index contributed by atoms with van der Waals surface area (Å²) in [5.74, 6) is 0. The zero-order valence-corrected chi connectivity index (χ0v) is 12.9. The molecule has 3 aromatic rings.